The fourth-order valence-electron chi connectivity index (χ4n) is 3.49. The molecule has 0 spiro atoms. The Balaban J connectivity index is 1.98. The summed E-state index contributed by atoms with van der Waals surface area (Å²) in [5.41, 5.74) is -0.898. The van der Waals surface area contributed by atoms with E-state index >= 15 is 0 Å². The lowest BCUT2D eigenvalue weighted by atomic mass is 10.1. The number of nitrogens with zero attached hydrogens (tertiary/aromatic N) is 1. The van der Waals surface area contributed by atoms with Crippen LogP contribution in [0, 0.1) is 11.6 Å². The van der Waals surface area contributed by atoms with Crippen molar-refractivity contribution in [3.05, 3.63) is 63.1 Å². The standard InChI is InChI=1S/C24H29F2N3O5/c1-3-4-9-34-22-20-24(32)28-15(2)7-10-33-11-8-29(20)14-18(21(22)30)23(31)27-13-16-5-6-17(25)12-19(16)26/h5-6,12,14-15H,3-4,7-11,13H2,1-2H3,(H,27,31)(H,28,32)/t15-/m1/s1. The van der Waals surface area contributed by atoms with E-state index in [4.69, 9.17) is 9.47 Å². The minimum Gasteiger partial charge on any atom is -0.487 e. The second kappa shape index (κ2) is 11.7. The summed E-state index contributed by atoms with van der Waals surface area (Å²) in [6.45, 7) is 4.68. The first-order chi connectivity index (χ1) is 16.3. The fourth-order valence-corrected chi connectivity index (χ4v) is 3.49. The molecule has 0 fully saturated rings. The van der Waals surface area contributed by atoms with Crippen molar-refractivity contribution >= 4 is 11.8 Å². The first-order valence-electron chi connectivity index (χ1n) is 11.3. The highest BCUT2D eigenvalue weighted by atomic mass is 19.1. The Hall–Kier alpha value is -3.27. The van der Waals surface area contributed by atoms with Crippen LogP contribution in [0.5, 0.6) is 5.75 Å². The van der Waals surface area contributed by atoms with Crippen molar-refractivity contribution in [3.63, 3.8) is 0 Å². The average Bonchev–Trinajstić information content (AvgIpc) is 2.79. The molecule has 0 aliphatic carbocycles. The van der Waals surface area contributed by atoms with E-state index in [2.05, 4.69) is 10.6 Å². The topological polar surface area (TPSA) is 98.7 Å². The lowest BCUT2D eigenvalue weighted by Gasteiger charge is -2.22. The second-order valence-electron chi connectivity index (χ2n) is 8.14. The highest BCUT2D eigenvalue weighted by Gasteiger charge is 2.27. The quantitative estimate of drug-likeness (QED) is 0.598. The van der Waals surface area contributed by atoms with E-state index < -0.39 is 28.9 Å². The molecule has 0 saturated carbocycles. The largest absolute Gasteiger partial charge is 0.487 e. The molecular formula is C24H29F2N3O5. The molecule has 2 amide bonds. The van der Waals surface area contributed by atoms with E-state index in [9.17, 15) is 23.2 Å². The van der Waals surface area contributed by atoms with Crippen LogP contribution in [-0.2, 0) is 17.8 Å². The van der Waals surface area contributed by atoms with Crippen molar-refractivity contribution in [1.29, 1.82) is 0 Å². The summed E-state index contributed by atoms with van der Waals surface area (Å²) in [6, 6.07) is 2.82. The molecule has 1 atom stereocenters. The number of carbonyl (C=O) groups is 2. The number of ether oxygens (including phenoxy) is 2. The molecular weight excluding hydrogens is 448 g/mol. The van der Waals surface area contributed by atoms with E-state index in [0.29, 0.717) is 25.5 Å². The first kappa shape index (κ1) is 25.4. The zero-order chi connectivity index (χ0) is 24.7. The maximum absolute atomic E-state index is 13.9. The molecule has 34 heavy (non-hydrogen) atoms. The van der Waals surface area contributed by atoms with Crippen molar-refractivity contribution in [2.75, 3.05) is 19.8 Å². The molecule has 1 aliphatic heterocycles. The SMILES string of the molecule is CCCCOc1c2n(cc(C(=O)NCc3ccc(F)cc3F)c1=O)CCOCC[C@@H](C)NC2=O. The van der Waals surface area contributed by atoms with Gasteiger partial charge in [0, 0.05) is 43.6 Å². The lowest BCUT2D eigenvalue weighted by molar-refractivity contribution is 0.0850. The summed E-state index contributed by atoms with van der Waals surface area (Å²) in [7, 11) is 0. The minimum absolute atomic E-state index is 0.0274. The zero-order valence-electron chi connectivity index (χ0n) is 19.3. The molecule has 0 unspecified atom stereocenters. The molecule has 0 saturated heterocycles. The van der Waals surface area contributed by atoms with Gasteiger partial charge in [0.1, 0.15) is 17.2 Å². The Labute approximate surface area is 196 Å². The number of aromatic nitrogens is 1. The summed E-state index contributed by atoms with van der Waals surface area (Å²) in [4.78, 5) is 39.2. The molecule has 2 N–H and O–H groups in total. The van der Waals surface area contributed by atoms with E-state index in [1.807, 2.05) is 13.8 Å². The highest BCUT2D eigenvalue weighted by molar-refractivity contribution is 5.98. The summed E-state index contributed by atoms with van der Waals surface area (Å²) in [5, 5.41) is 5.32. The Bertz CT molecular complexity index is 1100. The third-order valence-electron chi connectivity index (χ3n) is 5.45. The lowest BCUT2D eigenvalue weighted by Crippen LogP contribution is -2.39. The van der Waals surface area contributed by atoms with Crippen molar-refractivity contribution in [2.24, 2.45) is 0 Å². The Kier molecular flexibility index (Phi) is 8.75. The molecule has 1 aromatic heterocycles. The number of pyridine rings is 1. The van der Waals surface area contributed by atoms with Crippen LogP contribution in [0.2, 0.25) is 0 Å². The second-order valence-corrected chi connectivity index (χ2v) is 8.14. The van der Waals surface area contributed by atoms with Gasteiger partial charge in [-0.15, -0.1) is 0 Å². The predicted octanol–water partition coefficient (Wildman–Crippen LogP) is 2.77. The number of rotatable bonds is 7. The minimum atomic E-state index is -0.811. The van der Waals surface area contributed by atoms with Gasteiger partial charge in [0.25, 0.3) is 11.8 Å². The van der Waals surface area contributed by atoms with Gasteiger partial charge in [-0.2, -0.15) is 0 Å². The van der Waals surface area contributed by atoms with Gasteiger partial charge in [0.15, 0.2) is 11.4 Å². The molecule has 0 bridgehead atoms. The van der Waals surface area contributed by atoms with E-state index in [0.717, 1.165) is 12.5 Å². The van der Waals surface area contributed by atoms with E-state index in [-0.39, 0.29) is 54.9 Å². The van der Waals surface area contributed by atoms with Crippen LogP contribution in [0.1, 0.15) is 59.5 Å². The molecule has 1 aromatic carbocycles. The van der Waals surface area contributed by atoms with Gasteiger partial charge in [0.05, 0.1) is 13.2 Å². The van der Waals surface area contributed by atoms with Crippen LogP contribution in [0.4, 0.5) is 8.78 Å². The van der Waals surface area contributed by atoms with Gasteiger partial charge in [-0.25, -0.2) is 8.78 Å². The van der Waals surface area contributed by atoms with Gasteiger partial charge in [-0.1, -0.05) is 19.4 Å². The number of hydrogen-bond donors (Lipinski definition) is 2. The van der Waals surface area contributed by atoms with Crippen LogP contribution in [0.25, 0.3) is 0 Å². The highest BCUT2D eigenvalue weighted by Crippen LogP contribution is 2.18. The monoisotopic (exact) mass is 477 g/mol. The summed E-state index contributed by atoms with van der Waals surface area (Å²) in [5.74, 6) is -2.99. The first-order valence-corrected chi connectivity index (χ1v) is 11.3. The smallest absolute Gasteiger partial charge is 0.272 e. The number of halogens is 2. The number of nitrogens with one attached hydrogen (secondary N) is 2. The predicted molar refractivity (Wildman–Crippen MR) is 121 cm³/mol. The van der Waals surface area contributed by atoms with Crippen molar-refractivity contribution in [1.82, 2.24) is 15.2 Å². The molecule has 2 aromatic rings. The van der Waals surface area contributed by atoms with Crippen LogP contribution in [0.15, 0.2) is 29.2 Å². The fraction of sp³-hybridized carbons (Fsp3) is 0.458. The molecule has 10 heteroatoms. The van der Waals surface area contributed by atoms with E-state index in [1.165, 1.54) is 16.8 Å². The van der Waals surface area contributed by atoms with Crippen LogP contribution < -0.4 is 20.8 Å². The molecule has 1 aliphatic rings. The number of fused-ring (bicyclic) bond motifs is 1. The number of hydrogen-bond acceptors (Lipinski definition) is 5. The third-order valence-corrected chi connectivity index (χ3v) is 5.45. The Morgan fingerprint density at radius 3 is 2.82 bits per heavy atom. The Morgan fingerprint density at radius 2 is 2.09 bits per heavy atom. The van der Waals surface area contributed by atoms with Gasteiger partial charge < -0.3 is 24.7 Å². The van der Waals surface area contributed by atoms with Crippen LogP contribution in [-0.4, -0.2) is 42.2 Å². The molecule has 8 nitrogen and oxygen atoms in total. The maximum Gasteiger partial charge on any atom is 0.272 e. The molecule has 3 rings (SSSR count). The number of benzene rings is 1. The summed E-state index contributed by atoms with van der Waals surface area (Å²) in [6.07, 6.45) is 3.36. The summed E-state index contributed by atoms with van der Waals surface area (Å²) < 4.78 is 39.9. The normalized spacial score (nSPS) is 16.4. The maximum atomic E-state index is 13.9. The summed E-state index contributed by atoms with van der Waals surface area (Å²) >= 11 is 0. The zero-order valence-corrected chi connectivity index (χ0v) is 19.3. The van der Waals surface area contributed by atoms with Crippen molar-refractivity contribution in [3.8, 4) is 5.75 Å². The van der Waals surface area contributed by atoms with Crippen LogP contribution >= 0.6 is 0 Å². The van der Waals surface area contributed by atoms with Gasteiger partial charge in [-0.05, 0) is 25.8 Å². The Morgan fingerprint density at radius 1 is 1.29 bits per heavy atom. The molecule has 2 heterocycles. The van der Waals surface area contributed by atoms with Crippen LogP contribution in [0.3, 0.4) is 0 Å². The average molecular weight is 478 g/mol. The number of carbonyl (C=O) groups excluding carboxylic acids is 2. The van der Waals surface area contributed by atoms with E-state index in [1.54, 1.807) is 0 Å². The van der Waals surface area contributed by atoms with Gasteiger partial charge in [0.2, 0.25) is 5.43 Å². The number of amides is 2. The third kappa shape index (κ3) is 6.19. The van der Waals surface area contributed by atoms with Crippen molar-refractivity contribution in [2.45, 2.75) is 52.2 Å². The van der Waals surface area contributed by atoms with Crippen molar-refractivity contribution < 1.29 is 27.8 Å². The van der Waals surface area contributed by atoms with Gasteiger partial charge >= 0.3 is 0 Å². The number of unbranched alkanes of at least 4 members (excludes halogenated alkanes) is 1. The molecule has 0 radical (unpaired) electrons. The van der Waals surface area contributed by atoms with Gasteiger partial charge in [-0.3, -0.25) is 14.4 Å². The molecule has 184 valence electrons.